The first-order valence-electron chi connectivity index (χ1n) is 7.27. The van der Waals surface area contributed by atoms with E-state index >= 15 is 0 Å². The molecule has 0 bridgehead atoms. The summed E-state index contributed by atoms with van der Waals surface area (Å²) in [4.78, 5) is 19.0. The Bertz CT molecular complexity index is 700. The number of rotatable bonds is 3. The van der Waals surface area contributed by atoms with Gasteiger partial charge in [-0.1, -0.05) is 6.07 Å². The van der Waals surface area contributed by atoms with Crippen LogP contribution in [0.1, 0.15) is 21.5 Å². The number of hydrogen-bond donors (Lipinski definition) is 1. The molecule has 1 aliphatic heterocycles. The predicted octanol–water partition coefficient (Wildman–Crippen LogP) is 2.33. The monoisotopic (exact) mass is 297 g/mol. The van der Waals surface area contributed by atoms with Crippen molar-refractivity contribution >= 4 is 11.6 Å². The smallest absolute Gasteiger partial charge is 0.257 e. The highest BCUT2D eigenvalue weighted by atomic mass is 16.5. The number of likely N-dealkylation sites (N-methyl/N-ethyl adjacent to an activating group) is 1. The molecule has 0 saturated heterocycles. The number of carbonyl (C=O) groups excluding carboxylic acids is 1. The molecule has 1 aromatic carbocycles. The molecule has 5 heteroatoms. The second-order valence-electron chi connectivity index (χ2n) is 5.50. The third kappa shape index (κ3) is 2.94. The Morgan fingerprint density at radius 1 is 1.36 bits per heavy atom. The summed E-state index contributed by atoms with van der Waals surface area (Å²) in [5, 5.41) is 2.92. The van der Waals surface area contributed by atoms with Gasteiger partial charge in [-0.25, -0.2) is 0 Å². The number of methoxy groups -OCH3 is 1. The highest BCUT2D eigenvalue weighted by molar-refractivity contribution is 6.05. The van der Waals surface area contributed by atoms with Crippen LogP contribution in [0.3, 0.4) is 0 Å². The average Bonchev–Trinajstić information content (AvgIpc) is 2.54. The van der Waals surface area contributed by atoms with Gasteiger partial charge in [-0.15, -0.1) is 0 Å². The lowest BCUT2D eigenvalue weighted by atomic mass is 9.97. The summed E-state index contributed by atoms with van der Waals surface area (Å²) in [6, 6.07) is 7.34. The van der Waals surface area contributed by atoms with E-state index in [-0.39, 0.29) is 5.91 Å². The van der Waals surface area contributed by atoms with Crippen LogP contribution in [0.2, 0.25) is 0 Å². The van der Waals surface area contributed by atoms with Crippen LogP contribution in [0.25, 0.3) is 0 Å². The predicted molar refractivity (Wildman–Crippen MR) is 85.2 cm³/mol. The molecule has 5 nitrogen and oxygen atoms in total. The molecule has 0 radical (unpaired) electrons. The van der Waals surface area contributed by atoms with E-state index in [0.29, 0.717) is 11.3 Å². The van der Waals surface area contributed by atoms with Gasteiger partial charge in [-0.05, 0) is 36.7 Å². The largest absolute Gasteiger partial charge is 0.497 e. The standard InChI is InChI=1S/C17H19N3O2/c1-20-7-6-15-12(11-20)9-18-10-16(15)17(21)19-13-4-3-5-14(8-13)22-2/h3-5,8-10H,6-7,11H2,1-2H3,(H,19,21). The van der Waals surface area contributed by atoms with Gasteiger partial charge < -0.3 is 15.0 Å². The van der Waals surface area contributed by atoms with Crippen LogP contribution in [0, 0.1) is 0 Å². The summed E-state index contributed by atoms with van der Waals surface area (Å²) in [6.45, 7) is 1.79. The van der Waals surface area contributed by atoms with Crippen molar-refractivity contribution in [1.29, 1.82) is 0 Å². The van der Waals surface area contributed by atoms with Crippen molar-refractivity contribution in [3.8, 4) is 5.75 Å². The van der Waals surface area contributed by atoms with Crippen molar-refractivity contribution in [3.05, 3.63) is 53.3 Å². The van der Waals surface area contributed by atoms with Gasteiger partial charge in [-0.2, -0.15) is 0 Å². The van der Waals surface area contributed by atoms with E-state index in [2.05, 4.69) is 22.2 Å². The van der Waals surface area contributed by atoms with Crippen molar-refractivity contribution in [2.24, 2.45) is 0 Å². The van der Waals surface area contributed by atoms with Gasteiger partial charge in [0, 0.05) is 37.2 Å². The maximum atomic E-state index is 12.6. The highest BCUT2D eigenvalue weighted by Crippen LogP contribution is 2.22. The van der Waals surface area contributed by atoms with Crippen molar-refractivity contribution in [3.63, 3.8) is 0 Å². The van der Waals surface area contributed by atoms with Crippen LogP contribution in [0.5, 0.6) is 5.75 Å². The molecule has 114 valence electrons. The van der Waals surface area contributed by atoms with Crippen LogP contribution >= 0.6 is 0 Å². The number of hydrogen-bond acceptors (Lipinski definition) is 4. The minimum Gasteiger partial charge on any atom is -0.497 e. The van der Waals surface area contributed by atoms with E-state index in [1.165, 1.54) is 0 Å². The van der Waals surface area contributed by atoms with E-state index in [1.807, 2.05) is 24.4 Å². The molecule has 0 aliphatic carbocycles. The maximum absolute atomic E-state index is 12.6. The molecule has 1 N–H and O–H groups in total. The van der Waals surface area contributed by atoms with Crippen LogP contribution in [-0.2, 0) is 13.0 Å². The van der Waals surface area contributed by atoms with Crippen LogP contribution in [-0.4, -0.2) is 36.5 Å². The third-order valence-corrected chi connectivity index (χ3v) is 3.90. The Labute approximate surface area is 129 Å². The minimum atomic E-state index is -0.123. The summed E-state index contributed by atoms with van der Waals surface area (Å²) in [5.41, 5.74) is 3.61. The van der Waals surface area contributed by atoms with E-state index < -0.39 is 0 Å². The molecular weight excluding hydrogens is 278 g/mol. The lowest BCUT2D eigenvalue weighted by molar-refractivity contribution is 0.102. The molecule has 0 spiro atoms. The number of carbonyl (C=O) groups is 1. The van der Waals surface area contributed by atoms with Gasteiger partial charge in [0.15, 0.2) is 0 Å². The molecule has 0 saturated carbocycles. The van der Waals surface area contributed by atoms with Gasteiger partial charge in [0.25, 0.3) is 5.91 Å². The number of benzene rings is 1. The van der Waals surface area contributed by atoms with Crippen molar-refractivity contribution in [2.45, 2.75) is 13.0 Å². The summed E-state index contributed by atoms with van der Waals surface area (Å²) >= 11 is 0. The minimum absolute atomic E-state index is 0.123. The Kier molecular flexibility index (Phi) is 4.06. The van der Waals surface area contributed by atoms with Crippen LogP contribution in [0.4, 0.5) is 5.69 Å². The quantitative estimate of drug-likeness (QED) is 0.944. The second kappa shape index (κ2) is 6.15. The third-order valence-electron chi connectivity index (χ3n) is 3.90. The Morgan fingerprint density at radius 2 is 2.23 bits per heavy atom. The zero-order chi connectivity index (χ0) is 15.5. The number of anilines is 1. The molecule has 1 aliphatic rings. The van der Waals surface area contributed by atoms with Gasteiger partial charge in [-0.3, -0.25) is 9.78 Å². The number of ether oxygens (including phenoxy) is 1. The fourth-order valence-electron chi connectivity index (χ4n) is 2.73. The molecule has 1 aromatic heterocycles. The van der Waals surface area contributed by atoms with E-state index in [9.17, 15) is 4.79 Å². The Hall–Kier alpha value is -2.40. The first-order chi connectivity index (χ1) is 10.7. The highest BCUT2D eigenvalue weighted by Gasteiger charge is 2.20. The zero-order valence-electron chi connectivity index (χ0n) is 12.8. The van der Waals surface area contributed by atoms with Crippen molar-refractivity contribution in [2.75, 3.05) is 26.0 Å². The second-order valence-corrected chi connectivity index (χ2v) is 5.50. The number of amides is 1. The fourth-order valence-corrected chi connectivity index (χ4v) is 2.73. The molecule has 0 unspecified atom stereocenters. The lowest BCUT2D eigenvalue weighted by Gasteiger charge is -2.26. The summed E-state index contributed by atoms with van der Waals surface area (Å²) < 4.78 is 5.18. The number of nitrogens with one attached hydrogen (secondary N) is 1. The molecule has 3 rings (SSSR count). The SMILES string of the molecule is COc1cccc(NC(=O)c2cncc3c2CCN(C)C3)c1. The van der Waals surface area contributed by atoms with Crippen LogP contribution in [0.15, 0.2) is 36.7 Å². The number of aromatic nitrogens is 1. The van der Waals surface area contributed by atoms with E-state index in [1.54, 1.807) is 19.4 Å². The Morgan fingerprint density at radius 3 is 3.05 bits per heavy atom. The first kappa shape index (κ1) is 14.5. The topological polar surface area (TPSA) is 54.5 Å². The Balaban J connectivity index is 1.85. The molecule has 2 aromatic rings. The average molecular weight is 297 g/mol. The van der Waals surface area contributed by atoms with Gasteiger partial charge in [0.1, 0.15) is 5.75 Å². The molecule has 1 amide bonds. The summed E-state index contributed by atoms with van der Waals surface area (Å²) in [5.74, 6) is 0.592. The molecule has 22 heavy (non-hydrogen) atoms. The van der Waals surface area contributed by atoms with Gasteiger partial charge >= 0.3 is 0 Å². The van der Waals surface area contributed by atoms with Crippen molar-refractivity contribution in [1.82, 2.24) is 9.88 Å². The van der Waals surface area contributed by atoms with Gasteiger partial charge in [0.2, 0.25) is 0 Å². The fraction of sp³-hybridized carbons (Fsp3) is 0.294. The maximum Gasteiger partial charge on any atom is 0.257 e. The number of nitrogens with zero attached hydrogens (tertiary/aromatic N) is 2. The molecule has 0 fully saturated rings. The van der Waals surface area contributed by atoms with E-state index in [4.69, 9.17) is 4.74 Å². The van der Waals surface area contributed by atoms with Crippen LogP contribution < -0.4 is 10.1 Å². The number of pyridine rings is 1. The zero-order valence-corrected chi connectivity index (χ0v) is 12.8. The number of fused-ring (bicyclic) bond motifs is 1. The summed E-state index contributed by atoms with van der Waals surface area (Å²) in [6.07, 6.45) is 4.38. The van der Waals surface area contributed by atoms with Gasteiger partial charge in [0.05, 0.1) is 12.7 Å². The molecule has 0 atom stereocenters. The summed E-state index contributed by atoms with van der Waals surface area (Å²) in [7, 11) is 3.68. The molecule has 2 heterocycles. The first-order valence-corrected chi connectivity index (χ1v) is 7.27. The normalized spacial score (nSPS) is 14.3. The van der Waals surface area contributed by atoms with Crippen molar-refractivity contribution < 1.29 is 9.53 Å². The lowest BCUT2D eigenvalue weighted by Crippen LogP contribution is -2.29. The van der Waals surface area contributed by atoms with E-state index in [0.717, 1.165) is 36.3 Å². The molecular formula is C17H19N3O2.